The number of nitrogens with zero attached hydrogens (tertiary/aromatic N) is 2. The highest BCUT2D eigenvalue weighted by molar-refractivity contribution is 9.10. The van der Waals surface area contributed by atoms with Gasteiger partial charge in [0.05, 0.1) is 5.69 Å². The zero-order valence-electron chi connectivity index (χ0n) is 12.8. The Kier molecular flexibility index (Phi) is 3.49. The molecule has 2 amide bonds. The number of rotatable bonds is 2. The average Bonchev–Trinajstić information content (AvgIpc) is 3.11. The number of aryl methyl sites for hydroxylation is 1. The van der Waals surface area contributed by atoms with Gasteiger partial charge in [0.2, 0.25) is 12.0 Å². The predicted octanol–water partition coefficient (Wildman–Crippen LogP) is 3.05. The van der Waals surface area contributed by atoms with Crippen LogP contribution < -0.4 is 4.90 Å². The third-order valence-electron chi connectivity index (χ3n) is 4.24. The van der Waals surface area contributed by atoms with Crippen LogP contribution in [0.3, 0.4) is 0 Å². The molecule has 120 valence electrons. The zero-order chi connectivity index (χ0) is 16.8. The smallest absolute Gasteiger partial charge is 0.278 e. The molecule has 2 unspecified atom stereocenters. The highest BCUT2D eigenvalue weighted by Crippen LogP contribution is 2.35. The maximum atomic E-state index is 12.9. The van der Waals surface area contributed by atoms with E-state index in [1.54, 1.807) is 12.1 Å². The van der Waals surface area contributed by atoms with E-state index < -0.39 is 12.0 Å². The third-order valence-corrected chi connectivity index (χ3v) is 4.77. The first-order valence-corrected chi connectivity index (χ1v) is 8.30. The first kappa shape index (κ1) is 15.1. The van der Waals surface area contributed by atoms with Crippen LogP contribution in [-0.2, 0) is 14.4 Å². The van der Waals surface area contributed by atoms with Crippen LogP contribution in [0.25, 0.3) is 0 Å². The molecule has 24 heavy (non-hydrogen) atoms. The van der Waals surface area contributed by atoms with Gasteiger partial charge in [-0.15, -0.1) is 0 Å². The van der Waals surface area contributed by atoms with Crippen LogP contribution in [0.2, 0.25) is 0 Å². The van der Waals surface area contributed by atoms with E-state index in [4.69, 9.17) is 4.84 Å². The third kappa shape index (κ3) is 2.26. The van der Waals surface area contributed by atoms with Crippen molar-refractivity contribution in [2.45, 2.75) is 13.0 Å². The van der Waals surface area contributed by atoms with Gasteiger partial charge in [0, 0.05) is 10.0 Å². The number of carbonyl (C=O) groups is 2. The van der Waals surface area contributed by atoms with Crippen LogP contribution >= 0.6 is 15.9 Å². The fourth-order valence-corrected chi connectivity index (χ4v) is 3.25. The van der Waals surface area contributed by atoms with E-state index in [1.807, 2.05) is 43.3 Å². The molecule has 0 N–H and O–H groups in total. The van der Waals surface area contributed by atoms with Gasteiger partial charge in [0.15, 0.2) is 0 Å². The first-order valence-electron chi connectivity index (χ1n) is 7.50. The average molecular weight is 385 g/mol. The molecule has 2 aromatic carbocycles. The van der Waals surface area contributed by atoms with Gasteiger partial charge in [0.25, 0.3) is 5.91 Å². The summed E-state index contributed by atoms with van der Waals surface area (Å²) < 4.78 is 0.928. The van der Waals surface area contributed by atoms with Crippen LogP contribution in [0.4, 0.5) is 5.69 Å². The molecule has 2 aliphatic rings. The molecule has 0 saturated carbocycles. The van der Waals surface area contributed by atoms with Crippen molar-refractivity contribution in [2.75, 3.05) is 4.90 Å². The van der Waals surface area contributed by atoms with E-state index in [9.17, 15) is 9.59 Å². The lowest BCUT2D eigenvalue weighted by Gasteiger charge is -2.15. The molecule has 0 radical (unpaired) electrons. The first-order chi connectivity index (χ1) is 11.6. The number of hydrogen-bond acceptors (Lipinski definition) is 4. The minimum atomic E-state index is -0.877. The summed E-state index contributed by atoms with van der Waals surface area (Å²) in [5, 5.41) is 4.00. The van der Waals surface area contributed by atoms with Gasteiger partial charge in [-0.2, -0.15) is 0 Å². The van der Waals surface area contributed by atoms with Crippen molar-refractivity contribution in [3.63, 3.8) is 0 Å². The molecular weight excluding hydrogens is 372 g/mol. The molecule has 0 aliphatic carbocycles. The summed E-state index contributed by atoms with van der Waals surface area (Å²) in [7, 11) is 0. The fraction of sp³-hybridized carbons (Fsp3) is 0.167. The second-order valence-electron chi connectivity index (χ2n) is 5.83. The largest absolute Gasteiger partial charge is 0.381 e. The van der Waals surface area contributed by atoms with Gasteiger partial charge >= 0.3 is 0 Å². The van der Waals surface area contributed by atoms with Crippen molar-refractivity contribution in [1.82, 2.24) is 0 Å². The number of anilines is 1. The zero-order valence-corrected chi connectivity index (χ0v) is 14.4. The lowest BCUT2D eigenvalue weighted by Crippen LogP contribution is -2.33. The molecule has 6 heteroatoms. The minimum absolute atomic E-state index is 0.298. The monoisotopic (exact) mass is 384 g/mol. The van der Waals surface area contributed by atoms with Crippen LogP contribution in [0.1, 0.15) is 11.1 Å². The molecule has 1 saturated heterocycles. The Labute approximate surface area is 147 Å². The van der Waals surface area contributed by atoms with E-state index in [2.05, 4.69) is 21.1 Å². The SMILES string of the molecule is Cc1ccc(N2C(=O)C3ON=C(c4ccc(Br)cc4)C3C2=O)cc1. The van der Waals surface area contributed by atoms with E-state index >= 15 is 0 Å². The normalized spacial score (nSPS) is 22.4. The number of imide groups is 1. The number of carbonyl (C=O) groups excluding carboxylic acids is 2. The second-order valence-corrected chi connectivity index (χ2v) is 6.75. The maximum Gasteiger partial charge on any atom is 0.278 e. The number of fused-ring (bicyclic) bond motifs is 1. The molecule has 2 atom stereocenters. The van der Waals surface area contributed by atoms with E-state index in [0.717, 1.165) is 15.6 Å². The van der Waals surface area contributed by atoms with Gasteiger partial charge in [0.1, 0.15) is 11.6 Å². The summed E-state index contributed by atoms with van der Waals surface area (Å²) in [5.74, 6) is -1.36. The molecule has 0 bridgehead atoms. The molecule has 5 nitrogen and oxygen atoms in total. The highest BCUT2D eigenvalue weighted by Gasteiger charge is 2.56. The summed E-state index contributed by atoms with van der Waals surface area (Å²) in [6, 6.07) is 14.7. The van der Waals surface area contributed by atoms with Crippen LogP contribution in [0.5, 0.6) is 0 Å². The maximum absolute atomic E-state index is 12.9. The Hall–Kier alpha value is -2.47. The number of oxime groups is 1. The van der Waals surface area contributed by atoms with Gasteiger partial charge in [-0.25, -0.2) is 4.90 Å². The minimum Gasteiger partial charge on any atom is -0.381 e. The summed E-state index contributed by atoms with van der Waals surface area (Å²) in [4.78, 5) is 32.0. The van der Waals surface area contributed by atoms with Crippen LogP contribution in [-0.4, -0.2) is 23.6 Å². The molecule has 2 aromatic rings. The number of halogens is 1. The Morgan fingerprint density at radius 2 is 1.67 bits per heavy atom. The van der Waals surface area contributed by atoms with Gasteiger partial charge < -0.3 is 4.84 Å². The van der Waals surface area contributed by atoms with Crippen molar-refractivity contribution in [3.8, 4) is 0 Å². The summed E-state index contributed by atoms with van der Waals surface area (Å²) in [5.41, 5.74) is 2.90. The Bertz CT molecular complexity index is 859. The quantitative estimate of drug-likeness (QED) is 0.747. The molecule has 4 rings (SSSR count). The highest BCUT2D eigenvalue weighted by atomic mass is 79.9. The van der Waals surface area contributed by atoms with Crippen molar-refractivity contribution in [1.29, 1.82) is 0 Å². The van der Waals surface area contributed by atoms with Gasteiger partial charge in [-0.1, -0.05) is 50.9 Å². The molecule has 1 fully saturated rings. The number of amides is 2. The lowest BCUT2D eigenvalue weighted by atomic mass is 9.94. The number of hydrogen-bond donors (Lipinski definition) is 0. The topological polar surface area (TPSA) is 59.0 Å². The van der Waals surface area contributed by atoms with Gasteiger partial charge in [-0.05, 0) is 31.2 Å². The molecule has 2 aliphatic heterocycles. The predicted molar refractivity (Wildman–Crippen MR) is 92.7 cm³/mol. The summed E-state index contributed by atoms with van der Waals surface area (Å²) in [6.45, 7) is 1.95. The van der Waals surface area contributed by atoms with Crippen molar-refractivity contribution < 1.29 is 14.4 Å². The van der Waals surface area contributed by atoms with Crippen molar-refractivity contribution in [3.05, 3.63) is 64.1 Å². The van der Waals surface area contributed by atoms with Crippen molar-refractivity contribution >= 4 is 39.1 Å². The molecule has 0 aromatic heterocycles. The van der Waals surface area contributed by atoms with E-state index in [0.29, 0.717) is 11.4 Å². The van der Waals surface area contributed by atoms with E-state index in [1.165, 1.54) is 4.90 Å². The Morgan fingerprint density at radius 1 is 1.00 bits per heavy atom. The standard InChI is InChI=1S/C18H13BrN2O3/c1-10-2-8-13(9-3-10)21-17(22)14-15(20-24-16(14)18(21)23)11-4-6-12(19)7-5-11/h2-9,14,16H,1H3. The molecule has 0 spiro atoms. The van der Waals surface area contributed by atoms with E-state index in [-0.39, 0.29) is 11.8 Å². The summed E-state index contributed by atoms with van der Waals surface area (Å²) in [6.07, 6.45) is -0.877. The van der Waals surface area contributed by atoms with Crippen LogP contribution in [0.15, 0.2) is 58.2 Å². The molecular formula is C18H13BrN2O3. The Balaban J connectivity index is 1.69. The van der Waals surface area contributed by atoms with Crippen LogP contribution in [0, 0.1) is 12.8 Å². The fourth-order valence-electron chi connectivity index (χ4n) is 2.98. The lowest BCUT2D eigenvalue weighted by molar-refractivity contribution is -0.126. The van der Waals surface area contributed by atoms with Gasteiger partial charge in [-0.3, -0.25) is 9.59 Å². The second kappa shape index (κ2) is 5.56. The number of benzene rings is 2. The summed E-state index contributed by atoms with van der Waals surface area (Å²) >= 11 is 3.38. The molecule has 2 heterocycles. The Morgan fingerprint density at radius 3 is 2.33 bits per heavy atom. The van der Waals surface area contributed by atoms with Crippen molar-refractivity contribution in [2.24, 2.45) is 11.1 Å².